The molecule has 4 rings (SSSR count). The Morgan fingerprint density at radius 3 is 2.59 bits per heavy atom. The second-order valence-corrected chi connectivity index (χ2v) is 7.61. The lowest BCUT2D eigenvalue weighted by molar-refractivity contribution is 0.0697. The summed E-state index contributed by atoms with van der Waals surface area (Å²) < 4.78 is 32.5. The van der Waals surface area contributed by atoms with Gasteiger partial charge in [0.15, 0.2) is 0 Å². The Bertz CT molecular complexity index is 1100. The molecule has 1 aliphatic rings. The number of aromatic carboxylic acids is 1. The number of hydrogen-bond acceptors (Lipinski definition) is 5. The highest BCUT2D eigenvalue weighted by molar-refractivity contribution is 5.93. The third-order valence-corrected chi connectivity index (χ3v) is 5.40. The van der Waals surface area contributed by atoms with Gasteiger partial charge in [0.25, 0.3) is 0 Å². The van der Waals surface area contributed by atoms with Crippen LogP contribution in [0.25, 0.3) is 0 Å². The Kier molecular flexibility index (Phi) is 6.61. The van der Waals surface area contributed by atoms with E-state index in [0.717, 1.165) is 24.7 Å². The third-order valence-electron chi connectivity index (χ3n) is 5.40. The smallest absolute Gasteiger partial charge is 0.339 e. The molecule has 3 aromatic rings. The van der Waals surface area contributed by atoms with Crippen LogP contribution in [0.5, 0.6) is 5.75 Å². The van der Waals surface area contributed by atoms with Crippen molar-refractivity contribution in [1.29, 1.82) is 0 Å². The summed E-state index contributed by atoms with van der Waals surface area (Å²) in [6, 6.07) is 14.2. The van der Waals surface area contributed by atoms with Crippen LogP contribution in [0.15, 0.2) is 60.8 Å². The van der Waals surface area contributed by atoms with Gasteiger partial charge in [0.2, 0.25) is 0 Å². The first-order valence-corrected chi connectivity index (χ1v) is 10.3. The van der Waals surface area contributed by atoms with Gasteiger partial charge in [0.1, 0.15) is 35.4 Å². The Hall–Kier alpha value is -3.52. The molecule has 1 aliphatic heterocycles. The maximum Gasteiger partial charge on any atom is 0.339 e. The number of ether oxygens (including phenoxy) is 1. The van der Waals surface area contributed by atoms with Gasteiger partial charge in [0.05, 0.1) is 0 Å². The summed E-state index contributed by atoms with van der Waals surface area (Å²) in [5.41, 5.74) is 1.56. The number of halogens is 2. The van der Waals surface area contributed by atoms with E-state index in [1.54, 1.807) is 24.4 Å². The first kappa shape index (κ1) is 21.7. The van der Waals surface area contributed by atoms with Gasteiger partial charge in [-0.15, -0.1) is 0 Å². The third kappa shape index (κ3) is 5.20. The Balaban J connectivity index is 1.33. The monoisotopic (exact) mass is 439 g/mol. The number of piperazine rings is 1. The van der Waals surface area contributed by atoms with Gasteiger partial charge in [-0.1, -0.05) is 12.1 Å². The standard InChI is InChI=1S/C24H23F2N3O3/c25-19-7-6-18(22(26)14-19)16-32-20-4-1-3-17(13-20)15-28-9-11-29(12-10-28)23-21(24(30)31)5-2-8-27-23/h1-8,13-14H,9-12,15-16H2,(H,30,31). The van der Waals surface area contributed by atoms with Crippen molar-refractivity contribution in [3.63, 3.8) is 0 Å². The molecule has 2 aromatic carbocycles. The topological polar surface area (TPSA) is 65.9 Å². The predicted molar refractivity (Wildman–Crippen MR) is 116 cm³/mol. The highest BCUT2D eigenvalue weighted by Crippen LogP contribution is 2.21. The summed E-state index contributed by atoms with van der Waals surface area (Å²) in [5, 5.41) is 9.39. The number of rotatable bonds is 7. The van der Waals surface area contributed by atoms with E-state index < -0.39 is 17.6 Å². The van der Waals surface area contributed by atoms with E-state index in [9.17, 15) is 18.7 Å². The number of benzene rings is 2. The fourth-order valence-corrected chi connectivity index (χ4v) is 3.73. The molecule has 0 atom stereocenters. The second-order valence-electron chi connectivity index (χ2n) is 7.61. The molecule has 6 nitrogen and oxygen atoms in total. The lowest BCUT2D eigenvalue weighted by atomic mass is 10.1. The number of hydrogen-bond donors (Lipinski definition) is 1. The van der Waals surface area contributed by atoms with Crippen molar-refractivity contribution in [2.45, 2.75) is 13.2 Å². The molecule has 32 heavy (non-hydrogen) atoms. The van der Waals surface area contributed by atoms with E-state index in [1.807, 2.05) is 23.1 Å². The van der Waals surface area contributed by atoms with Crippen LogP contribution >= 0.6 is 0 Å². The SMILES string of the molecule is O=C(O)c1cccnc1N1CCN(Cc2cccc(OCc3ccc(F)cc3F)c2)CC1. The molecular formula is C24H23F2N3O3. The van der Waals surface area contributed by atoms with Crippen molar-refractivity contribution in [3.05, 3.63) is 89.1 Å². The lowest BCUT2D eigenvalue weighted by Crippen LogP contribution is -2.46. The maximum absolute atomic E-state index is 13.8. The molecule has 0 amide bonds. The van der Waals surface area contributed by atoms with Crippen molar-refractivity contribution in [2.24, 2.45) is 0 Å². The fraction of sp³-hybridized carbons (Fsp3) is 0.250. The van der Waals surface area contributed by atoms with Crippen LogP contribution in [0.4, 0.5) is 14.6 Å². The average Bonchev–Trinajstić information content (AvgIpc) is 2.79. The first-order chi connectivity index (χ1) is 15.5. The first-order valence-electron chi connectivity index (χ1n) is 10.3. The Labute approximate surface area is 184 Å². The van der Waals surface area contributed by atoms with Crippen molar-refractivity contribution < 1.29 is 23.4 Å². The maximum atomic E-state index is 13.8. The second kappa shape index (κ2) is 9.74. The molecule has 1 saturated heterocycles. The number of anilines is 1. The lowest BCUT2D eigenvalue weighted by Gasteiger charge is -2.35. The van der Waals surface area contributed by atoms with E-state index in [4.69, 9.17) is 4.74 Å². The molecule has 0 spiro atoms. The van der Waals surface area contributed by atoms with Gasteiger partial charge in [0, 0.05) is 50.6 Å². The van der Waals surface area contributed by atoms with E-state index in [0.29, 0.717) is 36.8 Å². The van der Waals surface area contributed by atoms with E-state index in [2.05, 4.69) is 9.88 Å². The summed E-state index contributed by atoms with van der Waals surface area (Å²) in [5.74, 6) is -1.10. The van der Waals surface area contributed by atoms with E-state index in [1.165, 1.54) is 12.1 Å². The molecule has 1 aromatic heterocycles. The zero-order valence-corrected chi connectivity index (χ0v) is 17.4. The van der Waals surface area contributed by atoms with Crippen LogP contribution < -0.4 is 9.64 Å². The molecule has 1 N–H and O–H groups in total. The van der Waals surface area contributed by atoms with Crippen LogP contribution in [0, 0.1) is 11.6 Å². The van der Waals surface area contributed by atoms with Crippen LogP contribution in [0.3, 0.4) is 0 Å². The summed E-state index contributed by atoms with van der Waals surface area (Å²) >= 11 is 0. The molecule has 8 heteroatoms. The largest absolute Gasteiger partial charge is 0.489 e. The van der Waals surface area contributed by atoms with Crippen molar-refractivity contribution in [1.82, 2.24) is 9.88 Å². The van der Waals surface area contributed by atoms with Gasteiger partial charge < -0.3 is 14.7 Å². The number of nitrogens with zero attached hydrogens (tertiary/aromatic N) is 3. The summed E-state index contributed by atoms with van der Waals surface area (Å²) in [4.78, 5) is 20.0. The average molecular weight is 439 g/mol. The van der Waals surface area contributed by atoms with Crippen molar-refractivity contribution >= 4 is 11.8 Å². The van der Waals surface area contributed by atoms with Crippen LogP contribution in [0.1, 0.15) is 21.5 Å². The number of aromatic nitrogens is 1. The fourth-order valence-electron chi connectivity index (χ4n) is 3.73. The summed E-state index contributed by atoms with van der Waals surface area (Å²) in [6.07, 6.45) is 1.61. The zero-order chi connectivity index (χ0) is 22.5. The van der Waals surface area contributed by atoms with Crippen molar-refractivity contribution in [3.8, 4) is 5.75 Å². The summed E-state index contributed by atoms with van der Waals surface area (Å²) in [6.45, 7) is 3.62. The molecule has 166 valence electrons. The van der Waals surface area contributed by atoms with E-state index >= 15 is 0 Å². The van der Waals surface area contributed by atoms with Gasteiger partial charge in [-0.2, -0.15) is 0 Å². The molecule has 0 bridgehead atoms. The molecule has 0 radical (unpaired) electrons. The summed E-state index contributed by atoms with van der Waals surface area (Å²) in [7, 11) is 0. The van der Waals surface area contributed by atoms with Crippen LogP contribution in [-0.2, 0) is 13.2 Å². The number of carboxylic acids is 1. The van der Waals surface area contributed by atoms with Crippen LogP contribution in [0.2, 0.25) is 0 Å². The molecule has 0 saturated carbocycles. The Morgan fingerprint density at radius 1 is 1.03 bits per heavy atom. The van der Waals surface area contributed by atoms with Gasteiger partial charge in [-0.25, -0.2) is 18.6 Å². The highest BCUT2D eigenvalue weighted by Gasteiger charge is 2.22. The molecule has 0 aliphatic carbocycles. The quantitative estimate of drug-likeness (QED) is 0.601. The number of carbonyl (C=O) groups is 1. The normalized spacial score (nSPS) is 14.4. The van der Waals surface area contributed by atoms with Gasteiger partial charge >= 0.3 is 5.97 Å². The number of pyridine rings is 1. The molecule has 2 heterocycles. The Morgan fingerprint density at radius 2 is 1.84 bits per heavy atom. The number of carboxylic acid groups (broad SMARTS) is 1. The van der Waals surface area contributed by atoms with Gasteiger partial charge in [-0.3, -0.25) is 4.90 Å². The minimum Gasteiger partial charge on any atom is -0.489 e. The minimum absolute atomic E-state index is 0.0181. The predicted octanol–water partition coefficient (Wildman–Crippen LogP) is 3.96. The zero-order valence-electron chi connectivity index (χ0n) is 17.4. The molecular weight excluding hydrogens is 416 g/mol. The molecule has 1 fully saturated rings. The van der Waals surface area contributed by atoms with Gasteiger partial charge in [-0.05, 0) is 42.0 Å². The van der Waals surface area contributed by atoms with E-state index in [-0.39, 0.29) is 12.2 Å². The highest BCUT2D eigenvalue weighted by atomic mass is 19.1. The van der Waals surface area contributed by atoms with Crippen LogP contribution in [-0.4, -0.2) is 47.1 Å². The molecule has 0 unspecified atom stereocenters. The van der Waals surface area contributed by atoms with Crippen molar-refractivity contribution in [2.75, 3.05) is 31.1 Å². The minimum atomic E-state index is -0.979.